The maximum atomic E-state index is 11.8. The van der Waals surface area contributed by atoms with E-state index in [0.717, 1.165) is 5.82 Å². The van der Waals surface area contributed by atoms with Gasteiger partial charge in [0, 0.05) is 38.9 Å². The summed E-state index contributed by atoms with van der Waals surface area (Å²) in [7, 11) is 0. The van der Waals surface area contributed by atoms with Crippen LogP contribution in [-0.4, -0.2) is 53.7 Å². The van der Waals surface area contributed by atoms with E-state index in [1.807, 2.05) is 31.2 Å². The summed E-state index contributed by atoms with van der Waals surface area (Å²) in [5.74, 6) is 1.48. The Kier molecular flexibility index (Phi) is 5.66. The van der Waals surface area contributed by atoms with E-state index in [0.29, 0.717) is 45.3 Å². The van der Waals surface area contributed by atoms with E-state index in [4.69, 9.17) is 4.74 Å². The molecule has 0 unspecified atom stereocenters. The minimum atomic E-state index is -0.249. The maximum absolute atomic E-state index is 11.8. The Morgan fingerprint density at radius 1 is 1.16 bits per heavy atom. The Balaban J connectivity index is 1.56. The van der Waals surface area contributed by atoms with Crippen molar-refractivity contribution < 1.29 is 9.53 Å². The third-order valence-electron chi connectivity index (χ3n) is 4.05. The molecule has 7 heteroatoms. The van der Waals surface area contributed by atoms with E-state index in [2.05, 4.69) is 32.3 Å². The zero-order chi connectivity index (χ0) is 17.5. The number of amides is 1. The molecule has 1 fully saturated rings. The van der Waals surface area contributed by atoms with E-state index >= 15 is 0 Å². The minimum absolute atomic E-state index is 0.249. The molecule has 1 saturated heterocycles. The molecule has 0 radical (unpaired) electrons. The minimum Gasteiger partial charge on any atom is -0.450 e. The molecular formula is C18H23N5O2. The molecule has 2 aromatic rings. The van der Waals surface area contributed by atoms with Gasteiger partial charge in [-0.15, -0.1) is 0 Å². The summed E-state index contributed by atoms with van der Waals surface area (Å²) in [4.78, 5) is 24.5. The highest BCUT2D eigenvalue weighted by atomic mass is 16.6. The molecule has 7 nitrogen and oxygen atoms in total. The Bertz CT molecular complexity index is 687. The van der Waals surface area contributed by atoms with Gasteiger partial charge in [-0.3, -0.25) is 0 Å². The van der Waals surface area contributed by atoms with E-state index in [9.17, 15) is 4.79 Å². The van der Waals surface area contributed by atoms with Crippen molar-refractivity contribution in [1.82, 2.24) is 14.9 Å². The van der Waals surface area contributed by atoms with Crippen LogP contribution in [-0.2, 0) is 11.3 Å². The second kappa shape index (κ2) is 8.32. The standard InChI is InChI=1S/C18H23N5O2/c1-2-25-18(24)23-12-10-22(11-13-23)17-19-9-8-16(21-17)20-14-15-6-4-3-5-7-15/h3-9H,2,10-14H2,1H3,(H,19,20,21). The summed E-state index contributed by atoms with van der Waals surface area (Å²) in [6, 6.07) is 12.0. The Hall–Kier alpha value is -2.83. The average molecular weight is 341 g/mol. The summed E-state index contributed by atoms with van der Waals surface area (Å²) < 4.78 is 5.04. The molecule has 0 atom stereocenters. The molecule has 0 aliphatic carbocycles. The Labute approximate surface area is 147 Å². The topological polar surface area (TPSA) is 70.6 Å². The largest absolute Gasteiger partial charge is 0.450 e. The Morgan fingerprint density at radius 2 is 1.92 bits per heavy atom. The first kappa shape index (κ1) is 17.0. The monoisotopic (exact) mass is 341 g/mol. The van der Waals surface area contributed by atoms with Gasteiger partial charge in [0.25, 0.3) is 0 Å². The van der Waals surface area contributed by atoms with Crippen molar-refractivity contribution >= 4 is 17.9 Å². The van der Waals surface area contributed by atoms with Gasteiger partial charge in [0.1, 0.15) is 5.82 Å². The summed E-state index contributed by atoms with van der Waals surface area (Å²) in [6.07, 6.45) is 1.51. The van der Waals surface area contributed by atoms with Crippen molar-refractivity contribution in [2.75, 3.05) is 43.0 Å². The summed E-state index contributed by atoms with van der Waals surface area (Å²) >= 11 is 0. The average Bonchev–Trinajstić information content (AvgIpc) is 2.68. The molecule has 0 bridgehead atoms. The first-order chi connectivity index (χ1) is 12.3. The maximum Gasteiger partial charge on any atom is 0.409 e. The van der Waals surface area contributed by atoms with Crippen LogP contribution in [0.25, 0.3) is 0 Å². The molecule has 0 saturated carbocycles. The third kappa shape index (κ3) is 4.59. The Morgan fingerprint density at radius 3 is 2.64 bits per heavy atom. The predicted octanol–water partition coefficient (Wildman–Crippen LogP) is 2.37. The first-order valence-electron chi connectivity index (χ1n) is 8.53. The number of carbonyl (C=O) groups excluding carboxylic acids is 1. The van der Waals surface area contributed by atoms with Crippen molar-refractivity contribution in [2.45, 2.75) is 13.5 Å². The lowest BCUT2D eigenvalue weighted by Crippen LogP contribution is -2.49. The molecule has 1 amide bonds. The number of piperazine rings is 1. The lowest BCUT2D eigenvalue weighted by Gasteiger charge is -2.34. The fraction of sp³-hybridized carbons (Fsp3) is 0.389. The van der Waals surface area contributed by atoms with E-state index in [1.165, 1.54) is 5.56 Å². The molecule has 132 valence electrons. The number of hydrogen-bond donors (Lipinski definition) is 1. The summed E-state index contributed by atoms with van der Waals surface area (Å²) in [6.45, 7) is 5.55. The smallest absolute Gasteiger partial charge is 0.409 e. The van der Waals surface area contributed by atoms with Gasteiger partial charge >= 0.3 is 6.09 Å². The van der Waals surface area contributed by atoms with Gasteiger partial charge in [0.15, 0.2) is 0 Å². The zero-order valence-corrected chi connectivity index (χ0v) is 14.4. The molecule has 3 rings (SSSR count). The fourth-order valence-corrected chi connectivity index (χ4v) is 2.69. The highest BCUT2D eigenvalue weighted by Gasteiger charge is 2.23. The van der Waals surface area contributed by atoms with Crippen molar-refractivity contribution in [2.24, 2.45) is 0 Å². The molecule has 1 aliphatic heterocycles. The van der Waals surface area contributed by atoms with Crippen LogP contribution in [0.4, 0.5) is 16.6 Å². The van der Waals surface area contributed by atoms with Crippen molar-refractivity contribution in [3.05, 3.63) is 48.2 Å². The van der Waals surface area contributed by atoms with Gasteiger partial charge in [0.2, 0.25) is 5.95 Å². The quantitative estimate of drug-likeness (QED) is 0.900. The number of nitrogens with one attached hydrogen (secondary N) is 1. The number of hydrogen-bond acceptors (Lipinski definition) is 6. The molecule has 2 heterocycles. The molecule has 0 spiro atoms. The van der Waals surface area contributed by atoms with Crippen molar-refractivity contribution in [3.63, 3.8) is 0 Å². The van der Waals surface area contributed by atoms with Crippen LogP contribution in [0.2, 0.25) is 0 Å². The lowest BCUT2D eigenvalue weighted by molar-refractivity contribution is 0.105. The number of benzene rings is 1. The van der Waals surface area contributed by atoms with Crippen LogP contribution in [0.1, 0.15) is 12.5 Å². The number of anilines is 2. The molecular weight excluding hydrogens is 318 g/mol. The number of ether oxygens (including phenoxy) is 1. The highest BCUT2D eigenvalue weighted by molar-refractivity contribution is 5.68. The van der Waals surface area contributed by atoms with Crippen LogP contribution in [0.3, 0.4) is 0 Å². The number of nitrogens with zero attached hydrogens (tertiary/aromatic N) is 4. The van der Waals surface area contributed by atoms with Crippen molar-refractivity contribution in [1.29, 1.82) is 0 Å². The van der Waals surface area contributed by atoms with Crippen LogP contribution in [0.5, 0.6) is 0 Å². The van der Waals surface area contributed by atoms with Gasteiger partial charge in [0.05, 0.1) is 6.61 Å². The normalized spacial score (nSPS) is 14.3. The van der Waals surface area contributed by atoms with Gasteiger partial charge in [-0.2, -0.15) is 4.98 Å². The molecule has 1 aliphatic rings. The van der Waals surface area contributed by atoms with E-state index < -0.39 is 0 Å². The molecule has 25 heavy (non-hydrogen) atoms. The second-order valence-corrected chi connectivity index (χ2v) is 5.75. The summed E-state index contributed by atoms with van der Waals surface area (Å²) in [5.41, 5.74) is 1.20. The van der Waals surface area contributed by atoms with Crippen LogP contribution < -0.4 is 10.2 Å². The molecule has 1 aromatic carbocycles. The summed E-state index contributed by atoms with van der Waals surface area (Å²) in [5, 5.41) is 3.32. The third-order valence-corrected chi connectivity index (χ3v) is 4.05. The number of aromatic nitrogens is 2. The van der Waals surface area contributed by atoms with Gasteiger partial charge < -0.3 is 19.9 Å². The predicted molar refractivity (Wildman–Crippen MR) is 96.6 cm³/mol. The fourth-order valence-electron chi connectivity index (χ4n) is 2.69. The second-order valence-electron chi connectivity index (χ2n) is 5.75. The van der Waals surface area contributed by atoms with Crippen LogP contribution >= 0.6 is 0 Å². The van der Waals surface area contributed by atoms with Gasteiger partial charge in [-0.25, -0.2) is 9.78 Å². The first-order valence-corrected chi connectivity index (χ1v) is 8.53. The zero-order valence-electron chi connectivity index (χ0n) is 14.4. The number of carbonyl (C=O) groups is 1. The lowest BCUT2D eigenvalue weighted by atomic mass is 10.2. The molecule has 1 N–H and O–H groups in total. The van der Waals surface area contributed by atoms with Crippen molar-refractivity contribution in [3.8, 4) is 0 Å². The van der Waals surface area contributed by atoms with Crippen LogP contribution in [0.15, 0.2) is 42.6 Å². The van der Waals surface area contributed by atoms with E-state index in [1.54, 1.807) is 11.1 Å². The van der Waals surface area contributed by atoms with Gasteiger partial charge in [-0.05, 0) is 18.6 Å². The van der Waals surface area contributed by atoms with E-state index in [-0.39, 0.29) is 6.09 Å². The van der Waals surface area contributed by atoms with Crippen LogP contribution in [0, 0.1) is 0 Å². The van der Waals surface area contributed by atoms with Gasteiger partial charge in [-0.1, -0.05) is 30.3 Å². The SMILES string of the molecule is CCOC(=O)N1CCN(c2nccc(NCc3ccccc3)n2)CC1. The molecule has 1 aromatic heterocycles. The highest BCUT2D eigenvalue weighted by Crippen LogP contribution is 2.14. The number of rotatable bonds is 5.